The van der Waals surface area contributed by atoms with E-state index in [1.807, 2.05) is 0 Å². The molecular weight excluding hydrogens is 261 g/mol. The highest BCUT2D eigenvalue weighted by molar-refractivity contribution is 9.10. The number of benzene rings is 1. The second-order valence-corrected chi connectivity index (χ2v) is 4.01. The summed E-state index contributed by atoms with van der Waals surface area (Å²) in [6, 6.07) is 4.75. The van der Waals surface area contributed by atoms with Gasteiger partial charge in [0.25, 0.3) is 0 Å². The molecule has 0 radical (unpaired) electrons. The average Bonchev–Trinajstić information content (AvgIpc) is 2.65. The molecule has 0 saturated carbocycles. The minimum absolute atomic E-state index is 0.317. The first-order valence-electron chi connectivity index (χ1n) is 4.40. The lowest BCUT2D eigenvalue weighted by Gasteiger charge is -2.05. The molecule has 3 nitrogen and oxygen atoms in total. The maximum Gasteiger partial charge on any atom is 0.148 e. The zero-order valence-corrected chi connectivity index (χ0v) is 9.41. The second-order valence-electron chi connectivity index (χ2n) is 3.09. The lowest BCUT2D eigenvalue weighted by atomic mass is 10.2. The molecule has 0 unspecified atom stereocenters. The predicted molar refractivity (Wildman–Crippen MR) is 59.1 cm³/mol. The fourth-order valence-corrected chi connectivity index (χ4v) is 1.58. The molecule has 2 rings (SSSR count). The van der Waals surface area contributed by atoms with Gasteiger partial charge in [0, 0.05) is 12.7 Å². The Balaban J connectivity index is 2.51. The van der Waals surface area contributed by atoms with E-state index in [4.69, 9.17) is 5.73 Å². The van der Waals surface area contributed by atoms with Crippen molar-refractivity contribution in [3.8, 4) is 5.69 Å². The molecule has 0 spiro atoms. The largest absolute Gasteiger partial charge is 0.326 e. The number of nitrogens with two attached hydrogens (primary N) is 1. The van der Waals surface area contributed by atoms with E-state index in [2.05, 4.69) is 21.0 Å². The van der Waals surface area contributed by atoms with E-state index in [1.54, 1.807) is 24.5 Å². The average molecular weight is 270 g/mol. The molecule has 2 N–H and O–H groups in total. The second kappa shape index (κ2) is 4.12. The van der Waals surface area contributed by atoms with Gasteiger partial charge in [-0.25, -0.2) is 9.07 Å². The van der Waals surface area contributed by atoms with Gasteiger partial charge in [-0.05, 0) is 33.6 Å². The third kappa shape index (κ3) is 2.08. The number of nitrogens with zero attached hydrogens (tertiary/aromatic N) is 2. The third-order valence-corrected chi connectivity index (χ3v) is 2.45. The summed E-state index contributed by atoms with van der Waals surface area (Å²) >= 11 is 3.26. The highest BCUT2D eigenvalue weighted by Crippen LogP contribution is 2.17. The van der Waals surface area contributed by atoms with Crippen LogP contribution in [0.25, 0.3) is 5.69 Å². The van der Waals surface area contributed by atoms with Crippen LogP contribution in [0.3, 0.4) is 0 Å². The van der Waals surface area contributed by atoms with Crippen LogP contribution in [0.4, 0.5) is 4.39 Å². The topological polar surface area (TPSA) is 43.8 Å². The van der Waals surface area contributed by atoms with Gasteiger partial charge in [0.15, 0.2) is 0 Å². The summed E-state index contributed by atoms with van der Waals surface area (Å²) in [7, 11) is 0. The zero-order chi connectivity index (χ0) is 10.8. The molecular formula is C10H9BrFN3. The molecule has 0 amide bonds. The first-order chi connectivity index (χ1) is 7.20. The molecule has 0 saturated heterocycles. The van der Waals surface area contributed by atoms with E-state index in [0.717, 1.165) is 10.0 Å². The maximum atomic E-state index is 13.5. The van der Waals surface area contributed by atoms with Gasteiger partial charge in [-0.1, -0.05) is 6.07 Å². The SMILES string of the molecule is NCc1ccc(F)c(-n2cc(Br)cn2)c1. The Bertz CT molecular complexity index is 481. The fraction of sp³-hybridized carbons (Fsp3) is 0.100. The number of aromatic nitrogens is 2. The summed E-state index contributed by atoms with van der Waals surface area (Å²) in [5.74, 6) is -0.317. The quantitative estimate of drug-likeness (QED) is 0.909. The van der Waals surface area contributed by atoms with Crippen LogP contribution in [0.15, 0.2) is 35.1 Å². The highest BCUT2D eigenvalue weighted by Gasteiger charge is 2.06. The zero-order valence-electron chi connectivity index (χ0n) is 7.82. The molecule has 78 valence electrons. The molecule has 2 aromatic rings. The van der Waals surface area contributed by atoms with Gasteiger partial charge in [0.2, 0.25) is 0 Å². The summed E-state index contributed by atoms with van der Waals surface area (Å²) < 4.78 is 15.8. The minimum Gasteiger partial charge on any atom is -0.326 e. The summed E-state index contributed by atoms with van der Waals surface area (Å²) in [5.41, 5.74) is 6.77. The summed E-state index contributed by atoms with van der Waals surface area (Å²) in [6.07, 6.45) is 3.30. The Kier molecular flexibility index (Phi) is 2.83. The van der Waals surface area contributed by atoms with Crippen molar-refractivity contribution in [2.75, 3.05) is 0 Å². The number of hydrogen-bond acceptors (Lipinski definition) is 2. The molecule has 1 aromatic heterocycles. The Morgan fingerprint density at radius 3 is 2.87 bits per heavy atom. The van der Waals surface area contributed by atoms with E-state index >= 15 is 0 Å². The minimum atomic E-state index is -0.317. The summed E-state index contributed by atoms with van der Waals surface area (Å²) in [5, 5.41) is 4.01. The molecule has 1 aromatic carbocycles. The van der Waals surface area contributed by atoms with Crippen LogP contribution in [0.5, 0.6) is 0 Å². The van der Waals surface area contributed by atoms with Crippen molar-refractivity contribution in [2.24, 2.45) is 5.73 Å². The monoisotopic (exact) mass is 269 g/mol. The van der Waals surface area contributed by atoms with Crippen LogP contribution >= 0.6 is 15.9 Å². The van der Waals surface area contributed by atoms with Crippen LogP contribution in [0.2, 0.25) is 0 Å². The van der Waals surface area contributed by atoms with Gasteiger partial charge in [-0.2, -0.15) is 5.10 Å². The van der Waals surface area contributed by atoms with Crippen molar-refractivity contribution in [1.82, 2.24) is 9.78 Å². The molecule has 0 aliphatic carbocycles. The van der Waals surface area contributed by atoms with Gasteiger partial charge in [0.05, 0.1) is 10.7 Å². The van der Waals surface area contributed by atoms with Crippen molar-refractivity contribution in [2.45, 2.75) is 6.54 Å². The van der Waals surface area contributed by atoms with E-state index in [1.165, 1.54) is 10.7 Å². The highest BCUT2D eigenvalue weighted by atomic mass is 79.9. The molecule has 0 aliphatic rings. The van der Waals surface area contributed by atoms with E-state index < -0.39 is 0 Å². The van der Waals surface area contributed by atoms with E-state index in [-0.39, 0.29) is 5.82 Å². The van der Waals surface area contributed by atoms with Crippen LogP contribution in [0, 0.1) is 5.82 Å². The molecule has 5 heteroatoms. The van der Waals surface area contributed by atoms with Gasteiger partial charge in [-0.3, -0.25) is 0 Å². The molecule has 0 atom stereocenters. The maximum absolute atomic E-state index is 13.5. The fourth-order valence-electron chi connectivity index (χ4n) is 1.29. The van der Waals surface area contributed by atoms with E-state index in [0.29, 0.717) is 12.2 Å². The van der Waals surface area contributed by atoms with Crippen molar-refractivity contribution in [1.29, 1.82) is 0 Å². The lowest BCUT2D eigenvalue weighted by Crippen LogP contribution is -2.02. The Labute approximate surface area is 94.8 Å². The normalized spacial score (nSPS) is 10.6. The van der Waals surface area contributed by atoms with Crippen molar-refractivity contribution in [3.05, 3.63) is 46.4 Å². The van der Waals surface area contributed by atoms with Crippen LogP contribution in [0.1, 0.15) is 5.56 Å². The summed E-state index contributed by atoms with van der Waals surface area (Å²) in [6.45, 7) is 0.385. The van der Waals surface area contributed by atoms with Gasteiger partial charge >= 0.3 is 0 Å². The molecule has 15 heavy (non-hydrogen) atoms. The van der Waals surface area contributed by atoms with Gasteiger partial charge < -0.3 is 5.73 Å². The van der Waals surface area contributed by atoms with Crippen LogP contribution in [-0.2, 0) is 6.54 Å². The number of rotatable bonds is 2. The first kappa shape index (κ1) is 10.3. The van der Waals surface area contributed by atoms with Crippen LogP contribution in [-0.4, -0.2) is 9.78 Å². The molecule has 1 heterocycles. The third-order valence-electron chi connectivity index (χ3n) is 2.04. The number of halogens is 2. The standard InChI is InChI=1S/C10H9BrFN3/c11-8-5-14-15(6-8)10-3-7(4-13)1-2-9(10)12/h1-3,5-6H,4,13H2. The van der Waals surface area contributed by atoms with Crippen molar-refractivity contribution >= 4 is 15.9 Å². The Morgan fingerprint density at radius 1 is 1.47 bits per heavy atom. The Morgan fingerprint density at radius 2 is 2.27 bits per heavy atom. The molecule has 0 aliphatic heterocycles. The van der Waals surface area contributed by atoms with E-state index in [9.17, 15) is 4.39 Å². The molecule has 0 fully saturated rings. The molecule has 0 bridgehead atoms. The van der Waals surface area contributed by atoms with Crippen molar-refractivity contribution in [3.63, 3.8) is 0 Å². The predicted octanol–water partition coefficient (Wildman–Crippen LogP) is 2.23. The number of hydrogen-bond donors (Lipinski definition) is 1. The first-order valence-corrected chi connectivity index (χ1v) is 5.19. The van der Waals surface area contributed by atoms with Gasteiger partial charge in [0.1, 0.15) is 11.5 Å². The summed E-state index contributed by atoms with van der Waals surface area (Å²) in [4.78, 5) is 0. The van der Waals surface area contributed by atoms with Crippen LogP contribution < -0.4 is 5.73 Å². The Hall–Kier alpha value is -1.20. The smallest absolute Gasteiger partial charge is 0.148 e. The lowest BCUT2D eigenvalue weighted by molar-refractivity contribution is 0.610. The van der Waals surface area contributed by atoms with Gasteiger partial charge in [-0.15, -0.1) is 0 Å². The van der Waals surface area contributed by atoms with Crippen molar-refractivity contribution < 1.29 is 4.39 Å².